The Labute approximate surface area is 382 Å². The second kappa shape index (κ2) is 15.8. The zero-order valence-electron chi connectivity index (χ0n) is 44.2. The summed E-state index contributed by atoms with van der Waals surface area (Å²) in [5.41, 5.74) is 12.5. The summed E-state index contributed by atoms with van der Waals surface area (Å²) in [4.78, 5) is 10.5. The van der Waals surface area contributed by atoms with Crippen LogP contribution in [0.1, 0.15) is 118 Å². The Balaban J connectivity index is 1.51. The van der Waals surface area contributed by atoms with Gasteiger partial charge in [0.25, 0.3) is 0 Å². The highest BCUT2D eigenvalue weighted by Crippen LogP contribution is 2.46. The minimum Gasteiger partial charge on any atom is -0.507 e. The normalized spacial score (nSPS) is 13.7. The topological polar surface area (TPSA) is 50.9 Å². The van der Waals surface area contributed by atoms with Crippen molar-refractivity contribution in [3.05, 3.63) is 167 Å². The minimum absolute atomic E-state index is 0.0898. The van der Waals surface area contributed by atoms with E-state index < -0.39 is 23.5 Å². The number of imidazole rings is 1. The number of aromatic nitrogens is 3. The van der Waals surface area contributed by atoms with Gasteiger partial charge in [0.2, 0.25) is 0 Å². The van der Waals surface area contributed by atoms with E-state index in [4.69, 9.17) is 14.1 Å². The molecule has 0 aliphatic heterocycles. The van der Waals surface area contributed by atoms with Crippen LogP contribution in [0.2, 0.25) is 0 Å². The van der Waals surface area contributed by atoms with Gasteiger partial charge in [0, 0.05) is 28.5 Å². The molecule has 2 heterocycles. The van der Waals surface area contributed by atoms with Gasteiger partial charge in [-0.25, -0.2) is 4.98 Å². The van der Waals surface area contributed by atoms with Crippen LogP contribution in [0.5, 0.6) is 5.75 Å². The van der Waals surface area contributed by atoms with E-state index >= 15 is 0 Å². The lowest BCUT2D eigenvalue weighted by Crippen LogP contribution is -2.17. The van der Waals surface area contributed by atoms with Crippen molar-refractivity contribution in [3.8, 4) is 67.5 Å². The van der Waals surface area contributed by atoms with Gasteiger partial charge in [-0.3, -0.25) is 9.55 Å². The Morgan fingerprint density at radius 1 is 0.524 bits per heavy atom. The molecule has 0 bridgehead atoms. The smallest absolute Gasteiger partial charge is 0.149 e. The first-order valence-corrected chi connectivity index (χ1v) is 22.0. The number of hydrogen-bond acceptors (Lipinski definition) is 3. The first-order valence-electron chi connectivity index (χ1n) is 24.5. The fourth-order valence-corrected chi connectivity index (χ4v) is 8.23. The third kappa shape index (κ3) is 8.61. The fourth-order valence-electron chi connectivity index (χ4n) is 8.23. The number of para-hydroxylation sites is 1. The van der Waals surface area contributed by atoms with Crippen LogP contribution in [0, 0.1) is 6.92 Å². The van der Waals surface area contributed by atoms with E-state index in [1.807, 2.05) is 53.2 Å². The summed E-state index contributed by atoms with van der Waals surface area (Å²) >= 11 is 0. The fraction of sp³-hybridized carbons (Fsp3) is 0.288. The van der Waals surface area contributed by atoms with Crippen molar-refractivity contribution in [2.75, 3.05) is 0 Å². The maximum Gasteiger partial charge on any atom is 0.149 e. The highest BCUT2D eigenvalue weighted by atomic mass is 16.3. The maximum absolute atomic E-state index is 12.6. The molecule has 6 aromatic carbocycles. The number of pyridine rings is 1. The first kappa shape index (κ1) is 37.3. The van der Waals surface area contributed by atoms with Crippen molar-refractivity contribution in [2.24, 2.45) is 0 Å². The predicted molar refractivity (Wildman–Crippen MR) is 267 cm³/mol. The quantitative estimate of drug-likeness (QED) is 0.182. The Bertz CT molecular complexity index is 3250. The average Bonchev–Trinajstić information content (AvgIpc) is 3.66. The number of aromatic hydroxyl groups is 1. The van der Waals surface area contributed by atoms with Crippen molar-refractivity contribution in [1.82, 2.24) is 14.5 Å². The van der Waals surface area contributed by atoms with Crippen LogP contribution in [-0.2, 0) is 21.7 Å². The molecule has 0 saturated carbocycles. The van der Waals surface area contributed by atoms with Crippen LogP contribution in [0.4, 0.5) is 0 Å². The number of fused-ring (bicyclic) bond motifs is 1. The van der Waals surface area contributed by atoms with Crippen molar-refractivity contribution >= 4 is 11.0 Å². The summed E-state index contributed by atoms with van der Waals surface area (Å²) in [6.45, 7) is 27.7. The number of phenolic OH excluding ortho intramolecular Hbond substituents is 1. The molecule has 0 aliphatic rings. The van der Waals surface area contributed by atoms with Gasteiger partial charge in [0.15, 0.2) is 0 Å². The van der Waals surface area contributed by atoms with Gasteiger partial charge in [0.1, 0.15) is 11.6 Å². The summed E-state index contributed by atoms with van der Waals surface area (Å²) in [5.74, 6) is 0.564. The van der Waals surface area contributed by atoms with Crippen LogP contribution in [0.3, 0.4) is 0 Å². The average molecular weight is 835 g/mol. The van der Waals surface area contributed by atoms with Crippen LogP contribution in [0.25, 0.3) is 72.7 Å². The van der Waals surface area contributed by atoms with Crippen molar-refractivity contribution in [3.63, 3.8) is 0 Å². The molecule has 0 spiro atoms. The Kier molecular flexibility index (Phi) is 9.37. The zero-order chi connectivity index (χ0) is 49.6. The highest BCUT2D eigenvalue weighted by molar-refractivity contribution is 5.98. The Hall–Kier alpha value is -6.26. The van der Waals surface area contributed by atoms with Gasteiger partial charge in [-0.05, 0) is 116 Å². The van der Waals surface area contributed by atoms with E-state index in [-0.39, 0.29) is 39.6 Å². The molecule has 0 unspecified atom stereocenters. The van der Waals surface area contributed by atoms with Crippen molar-refractivity contribution < 1.29 is 12.0 Å². The third-order valence-corrected chi connectivity index (χ3v) is 12.1. The van der Waals surface area contributed by atoms with Gasteiger partial charge in [-0.2, -0.15) is 0 Å². The molecule has 0 radical (unpaired) electrons. The van der Waals surface area contributed by atoms with Crippen molar-refractivity contribution in [1.29, 1.82) is 0 Å². The summed E-state index contributed by atoms with van der Waals surface area (Å²) in [6, 6.07) is 33.6. The highest BCUT2D eigenvalue weighted by Gasteiger charge is 2.30. The van der Waals surface area contributed by atoms with Crippen LogP contribution >= 0.6 is 0 Å². The maximum atomic E-state index is 12.6. The number of phenols is 1. The Morgan fingerprint density at radius 3 is 1.81 bits per heavy atom. The van der Waals surface area contributed by atoms with E-state index in [9.17, 15) is 7.85 Å². The molecule has 63 heavy (non-hydrogen) atoms. The lowest BCUT2D eigenvalue weighted by atomic mass is 9.79. The molecule has 0 amide bonds. The molecular weight excluding hydrogens is 767 g/mol. The molecule has 0 atom stereocenters. The first-order chi connectivity index (χ1) is 31.6. The molecular formula is C59H63N3O. The molecule has 8 aromatic rings. The van der Waals surface area contributed by atoms with Crippen molar-refractivity contribution in [2.45, 2.75) is 112 Å². The summed E-state index contributed by atoms with van der Waals surface area (Å²) < 4.78 is 46.6. The van der Waals surface area contributed by atoms with E-state index in [1.165, 1.54) is 5.56 Å². The van der Waals surface area contributed by atoms with Crippen LogP contribution < -0.4 is 0 Å². The van der Waals surface area contributed by atoms with E-state index in [1.54, 1.807) is 0 Å². The molecule has 8 rings (SSSR count). The van der Waals surface area contributed by atoms with Gasteiger partial charge in [-0.15, -0.1) is 0 Å². The second-order valence-electron chi connectivity index (χ2n) is 21.2. The molecule has 0 saturated heterocycles. The molecule has 0 aliphatic carbocycles. The molecule has 4 nitrogen and oxygen atoms in total. The largest absolute Gasteiger partial charge is 0.507 e. The van der Waals surface area contributed by atoms with E-state index in [2.05, 4.69) is 151 Å². The minimum atomic E-state index is -0.455. The number of benzene rings is 6. The van der Waals surface area contributed by atoms with Crippen LogP contribution in [-0.4, -0.2) is 19.6 Å². The van der Waals surface area contributed by atoms with E-state index in [0.717, 1.165) is 61.3 Å². The molecule has 2 aromatic heterocycles. The lowest BCUT2D eigenvalue weighted by Gasteiger charge is -2.28. The molecule has 1 N–H and O–H groups in total. The number of hydrogen-bond donors (Lipinski definition) is 1. The van der Waals surface area contributed by atoms with Gasteiger partial charge < -0.3 is 5.11 Å². The standard InChI is InChI=1S/C59H63N3O/c1-37-22-24-38(25-23-37)40-28-29-60-50(33-40)42-30-41(31-44(32-42)57(5,6)7)46-20-17-21-52-53(46)61-55(48-35-45(58(8,9)10)36-49(54(48)63)59(11,12)13)62(52)51-27-26-43(56(2,3)4)34-47(51)39-18-15-14-16-19-39/h14-36,63H,1-13H3/i14D,15D,16D,18D,19D. The summed E-state index contributed by atoms with van der Waals surface area (Å²) in [6.07, 6.45) is 1.87. The molecule has 4 heteroatoms. The molecule has 320 valence electrons. The number of nitrogens with zero attached hydrogens (tertiary/aromatic N) is 3. The zero-order valence-corrected chi connectivity index (χ0v) is 39.2. The lowest BCUT2D eigenvalue weighted by molar-refractivity contribution is 0.446. The predicted octanol–water partition coefficient (Wildman–Crippen LogP) is 16.0. The van der Waals surface area contributed by atoms with Gasteiger partial charge >= 0.3 is 0 Å². The van der Waals surface area contributed by atoms with Gasteiger partial charge in [0.05, 0.1) is 34.8 Å². The SMILES string of the molecule is [2H]c1c([2H])c([2H])c(-c2cc(C(C)(C)C)ccc2-n2c(-c3cc(C(C)(C)C)cc(C(C)(C)C)c3O)nc3c(-c4cc(-c5cc(-c6ccc(C)cc6)ccn5)cc(C(C)(C)C)c4)cccc32)c([2H])c1[2H]. The second-order valence-corrected chi connectivity index (χ2v) is 21.2. The number of aryl methyl sites for hydroxylation is 1. The summed E-state index contributed by atoms with van der Waals surface area (Å²) in [5, 5.41) is 12.6. The molecule has 0 fully saturated rings. The monoisotopic (exact) mass is 835 g/mol. The van der Waals surface area contributed by atoms with Gasteiger partial charge in [-0.1, -0.05) is 173 Å². The van der Waals surface area contributed by atoms with Crippen LogP contribution in [0.15, 0.2) is 140 Å². The third-order valence-electron chi connectivity index (χ3n) is 12.1. The summed E-state index contributed by atoms with van der Waals surface area (Å²) in [7, 11) is 0. The number of rotatable bonds is 6. The van der Waals surface area contributed by atoms with E-state index in [0.29, 0.717) is 28.2 Å². The Morgan fingerprint density at radius 2 is 1.16 bits per heavy atom.